The quantitative estimate of drug-likeness (QED) is 0.589. The third-order valence-electron chi connectivity index (χ3n) is 3.22. The maximum Gasteiger partial charge on any atom is 0.313 e. The van der Waals surface area contributed by atoms with E-state index in [0.29, 0.717) is 30.6 Å². The van der Waals surface area contributed by atoms with Crippen LogP contribution in [0.2, 0.25) is 0 Å². The van der Waals surface area contributed by atoms with Crippen molar-refractivity contribution in [1.29, 1.82) is 0 Å². The van der Waals surface area contributed by atoms with Gasteiger partial charge in [-0.2, -0.15) is 0 Å². The van der Waals surface area contributed by atoms with Crippen molar-refractivity contribution in [3.63, 3.8) is 0 Å². The van der Waals surface area contributed by atoms with Crippen molar-refractivity contribution >= 4 is 28.6 Å². The van der Waals surface area contributed by atoms with Gasteiger partial charge in [0.2, 0.25) is 5.89 Å². The fourth-order valence-electron chi connectivity index (χ4n) is 2.18. The van der Waals surface area contributed by atoms with Gasteiger partial charge in [0.15, 0.2) is 11.5 Å². The predicted octanol–water partition coefficient (Wildman–Crippen LogP) is 3.90. The first-order valence-corrected chi connectivity index (χ1v) is 8.47. The van der Waals surface area contributed by atoms with E-state index in [1.165, 1.54) is 0 Å². The van der Waals surface area contributed by atoms with E-state index in [-0.39, 0.29) is 6.01 Å². The van der Waals surface area contributed by atoms with Crippen LogP contribution in [-0.4, -0.2) is 16.8 Å². The lowest BCUT2D eigenvalue weighted by atomic mass is 10.2. The van der Waals surface area contributed by atoms with Gasteiger partial charge in [0, 0.05) is 5.56 Å². The molecule has 3 aromatic rings. The molecule has 0 radical (unpaired) electrons. The Morgan fingerprint density at radius 3 is 2.58 bits per heavy atom. The summed E-state index contributed by atoms with van der Waals surface area (Å²) in [4.78, 5) is 0. The number of hydrogen-bond acceptors (Lipinski definition) is 6. The summed E-state index contributed by atoms with van der Waals surface area (Å²) in [6.45, 7) is 2.90. The minimum Gasteiger partial charge on any atom is -0.490 e. The molecule has 0 spiro atoms. The van der Waals surface area contributed by atoms with Gasteiger partial charge in [-0.3, -0.25) is 0 Å². The van der Waals surface area contributed by atoms with Gasteiger partial charge in [0.25, 0.3) is 0 Å². The number of halogens is 1. The summed E-state index contributed by atoms with van der Waals surface area (Å²) in [5.41, 5.74) is 7.32. The SMILES string of the molecule is CCOc1cc(-c2nnc(N)o2)cc(I)c1OCc1ccccc1. The molecule has 0 aliphatic rings. The number of nitrogens with two attached hydrogens (primary N) is 1. The number of benzene rings is 2. The lowest BCUT2D eigenvalue weighted by molar-refractivity contribution is 0.267. The number of anilines is 1. The summed E-state index contributed by atoms with van der Waals surface area (Å²) < 4.78 is 17.9. The highest BCUT2D eigenvalue weighted by atomic mass is 127. The molecule has 0 bridgehead atoms. The van der Waals surface area contributed by atoms with Gasteiger partial charge in [-0.15, -0.1) is 5.10 Å². The van der Waals surface area contributed by atoms with Crippen LogP contribution < -0.4 is 15.2 Å². The maximum absolute atomic E-state index is 5.98. The molecule has 0 aliphatic heterocycles. The first-order valence-electron chi connectivity index (χ1n) is 7.39. The summed E-state index contributed by atoms with van der Waals surface area (Å²) in [7, 11) is 0. The average molecular weight is 437 g/mol. The number of hydrogen-bond donors (Lipinski definition) is 1. The molecule has 0 fully saturated rings. The van der Waals surface area contributed by atoms with Crippen LogP contribution in [0, 0.1) is 3.57 Å². The molecular weight excluding hydrogens is 421 g/mol. The lowest BCUT2D eigenvalue weighted by Crippen LogP contribution is -2.02. The van der Waals surface area contributed by atoms with Gasteiger partial charge < -0.3 is 19.6 Å². The summed E-state index contributed by atoms with van der Waals surface area (Å²) in [6, 6.07) is 13.7. The van der Waals surface area contributed by atoms with Crippen LogP contribution >= 0.6 is 22.6 Å². The molecule has 0 saturated carbocycles. The van der Waals surface area contributed by atoms with E-state index in [1.807, 2.05) is 49.4 Å². The summed E-state index contributed by atoms with van der Waals surface area (Å²) in [5.74, 6) is 1.67. The van der Waals surface area contributed by atoms with Crippen LogP contribution in [0.15, 0.2) is 46.9 Å². The molecule has 6 nitrogen and oxygen atoms in total. The zero-order valence-corrected chi connectivity index (χ0v) is 15.2. The predicted molar refractivity (Wildman–Crippen MR) is 98.8 cm³/mol. The van der Waals surface area contributed by atoms with E-state index >= 15 is 0 Å². The van der Waals surface area contributed by atoms with Crippen molar-refractivity contribution in [2.45, 2.75) is 13.5 Å². The molecule has 0 amide bonds. The number of aromatic nitrogens is 2. The fraction of sp³-hybridized carbons (Fsp3) is 0.176. The van der Waals surface area contributed by atoms with Crippen molar-refractivity contribution in [3.8, 4) is 23.0 Å². The van der Waals surface area contributed by atoms with Crippen LogP contribution in [0.25, 0.3) is 11.5 Å². The molecule has 3 rings (SSSR count). The largest absolute Gasteiger partial charge is 0.490 e. The second-order valence-corrected chi connectivity index (χ2v) is 6.10. The van der Waals surface area contributed by atoms with Crippen LogP contribution in [0.3, 0.4) is 0 Å². The van der Waals surface area contributed by atoms with Crippen molar-refractivity contribution in [2.75, 3.05) is 12.3 Å². The first-order chi connectivity index (χ1) is 11.7. The molecule has 1 aromatic heterocycles. The van der Waals surface area contributed by atoms with E-state index < -0.39 is 0 Å². The molecule has 7 heteroatoms. The van der Waals surface area contributed by atoms with Crippen molar-refractivity contribution in [1.82, 2.24) is 10.2 Å². The highest BCUT2D eigenvalue weighted by Crippen LogP contribution is 2.37. The fourth-order valence-corrected chi connectivity index (χ4v) is 2.93. The third kappa shape index (κ3) is 3.78. The Balaban J connectivity index is 1.90. The monoisotopic (exact) mass is 437 g/mol. The lowest BCUT2D eigenvalue weighted by Gasteiger charge is -2.14. The number of nitrogens with zero attached hydrogens (tertiary/aromatic N) is 2. The topological polar surface area (TPSA) is 83.4 Å². The van der Waals surface area contributed by atoms with Crippen molar-refractivity contribution in [2.24, 2.45) is 0 Å². The van der Waals surface area contributed by atoms with Crippen molar-refractivity contribution < 1.29 is 13.9 Å². The Morgan fingerprint density at radius 1 is 1.12 bits per heavy atom. The van der Waals surface area contributed by atoms with E-state index in [0.717, 1.165) is 14.7 Å². The molecule has 2 aromatic carbocycles. The Hall–Kier alpha value is -2.29. The number of nitrogen functional groups attached to an aromatic ring is 1. The van der Waals surface area contributed by atoms with Crippen molar-refractivity contribution in [3.05, 3.63) is 51.6 Å². The Kier molecular flexibility index (Phi) is 5.19. The average Bonchev–Trinajstić information content (AvgIpc) is 3.02. The van der Waals surface area contributed by atoms with E-state index in [9.17, 15) is 0 Å². The number of ether oxygens (including phenoxy) is 2. The molecule has 1 heterocycles. The van der Waals surface area contributed by atoms with Gasteiger partial charge in [-0.1, -0.05) is 35.4 Å². The number of rotatable bonds is 6. The molecule has 0 saturated heterocycles. The Morgan fingerprint density at radius 2 is 1.92 bits per heavy atom. The standard InChI is InChI=1S/C17H16IN3O3/c1-2-22-14-9-12(16-20-21-17(19)24-16)8-13(18)15(14)23-10-11-6-4-3-5-7-11/h3-9H,2,10H2,1H3,(H2,19,21). The molecular formula is C17H16IN3O3. The third-order valence-corrected chi connectivity index (χ3v) is 4.02. The highest BCUT2D eigenvalue weighted by molar-refractivity contribution is 14.1. The normalized spacial score (nSPS) is 10.6. The van der Waals surface area contributed by atoms with Gasteiger partial charge in [-0.25, -0.2) is 0 Å². The van der Waals surface area contributed by atoms with Gasteiger partial charge in [0.1, 0.15) is 6.61 Å². The smallest absolute Gasteiger partial charge is 0.313 e. The van der Waals surface area contributed by atoms with E-state index in [4.69, 9.17) is 19.6 Å². The van der Waals surface area contributed by atoms with Gasteiger partial charge in [-0.05, 0) is 47.2 Å². The van der Waals surface area contributed by atoms with Gasteiger partial charge in [0.05, 0.1) is 10.2 Å². The second-order valence-electron chi connectivity index (χ2n) is 4.94. The molecule has 0 aliphatic carbocycles. The summed E-state index contributed by atoms with van der Waals surface area (Å²) >= 11 is 2.20. The van der Waals surface area contributed by atoms with Crippen LogP contribution in [0.4, 0.5) is 6.01 Å². The second kappa shape index (κ2) is 7.52. The molecule has 2 N–H and O–H groups in total. The summed E-state index contributed by atoms with van der Waals surface area (Å²) in [6.07, 6.45) is 0. The minimum absolute atomic E-state index is 0.0300. The maximum atomic E-state index is 5.98. The molecule has 124 valence electrons. The zero-order valence-electron chi connectivity index (χ0n) is 13.0. The van der Waals surface area contributed by atoms with E-state index in [2.05, 4.69) is 32.8 Å². The Bertz CT molecular complexity index is 821. The Labute approximate surface area is 153 Å². The molecule has 0 atom stereocenters. The first kappa shape index (κ1) is 16.6. The zero-order chi connectivity index (χ0) is 16.9. The summed E-state index contributed by atoms with van der Waals surface area (Å²) in [5, 5.41) is 7.59. The van der Waals surface area contributed by atoms with Gasteiger partial charge >= 0.3 is 6.01 Å². The van der Waals surface area contributed by atoms with Crippen LogP contribution in [0.1, 0.15) is 12.5 Å². The van der Waals surface area contributed by atoms with Crippen LogP contribution in [-0.2, 0) is 6.61 Å². The van der Waals surface area contributed by atoms with E-state index in [1.54, 1.807) is 0 Å². The molecule has 24 heavy (non-hydrogen) atoms. The molecule has 0 unspecified atom stereocenters. The van der Waals surface area contributed by atoms with Crippen LogP contribution in [0.5, 0.6) is 11.5 Å². The highest BCUT2D eigenvalue weighted by Gasteiger charge is 2.16. The minimum atomic E-state index is 0.0300.